The van der Waals surface area contributed by atoms with Crippen LogP contribution < -0.4 is 0 Å². The second kappa shape index (κ2) is 15.7. The molecule has 0 aromatic rings. The first-order chi connectivity index (χ1) is 11.6. The van der Waals surface area contributed by atoms with Crippen LogP contribution in [0, 0.1) is 0 Å². The first-order valence-corrected chi connectivity index (χ1v) is 10.1. The van der Waals surface area contributed by atoms with E-state index < -0.39 is 0 Å². The summed E-state index contributed by atoms with van der Waals surface area (Å²) >= 11 is 0. The van der Waals surface area contributed by atoms with Crippen molar-refractivity contribution in [2.45, 2.75) is 97.9 Å². The van der Waals surface area contributed by atoms with Crippen molar-refractivity contribution in [3.05, 3.63) is 12.2 Å². The number of unbranched alkanes of at least 4 members (excludes halogenated alkanes) is 5. The quantitative estimate of drug-likeness (QED) is 0.204. The molecule has 0 rings (SSSR count). The van der Waals surface area contributed by atoms with Gasteiger partial charge in [0.15, 0.2) is 0 Å². The molecule has 0 heterocycles. The van der Waals surface area contributed by atoms with Crippen LogP contribution in [-0.2, 0) is 9.53 Å². The maximum atomic E-state index is 11.6. The lowest BCUT2D eigenvalue weighted by Gasteiger charge is -2.31. The highest BCUT2D eigenvalue weighted by atomic mass is 16.5. The lowest BCUT2D eigenvalue weighted by Crippen LogP contribution is -2.37. The maximum Gasteiger partial charge on any atom is 0.333 e. The molecule has 0 aliphatic heterocycles. The molecular weight excluding hydrogens is 298 g/mol. The van der Waals surface area contributed by atoms with Gasteiger partial charge in [0.2, 0.25) is 0 Å². The predicted molar refractivity (Wildman–Crippen MR) is 104 cm³/mol. The van der Waals surface area contributed by atoms with E-state index in [1.165, 1.54) is 57.8 Å². The van der Waals surface area contributed by atoms with Crippen molar-refractivity contribution in [1.82, 2.24) is 4.90 Å². The molecule has 3 nitrogen and oxygen atoms in total. The van der Waals surface area contributed by atoms with E-state index in [-0.39, 0.29) is 5.97 Å². The van der Waals surface area contributed by atoms with Crippen LogP contribution in [0.1, 0.15) is 91.9 Å². The molecule has 0 spiro atoms. The fourth-order valence-electron chi connectivity index (χ4n) is 3.13. The molecule has 0 N–H and O–H groups in total. The second-order valence-corrected chi connectivity index (χ2v) is 6.95. The Hall–Kier alpha value is -0.830. The van der Waals surface area contributed by atoms with Gasteiger partial charge in [-0.2, -0.15) is 0 Å². The number of ether oxygens (including phenoxy) is 1. The summed E-state index contributed by atoms with van der Waals surface area (Å²) in [5.41, 5.74) is 0.487. The van der Waals surface area contributed by atoms with E-state index in [1.807, 2.05) is 0 Å². The molecule has 0 saturated heterocycles. The van der Waals surface area contributed by atoms with E-state index in [2.05, 4.69) is 32.3 Å². The summed E-state index contributed by atoms with van der Waals surface area (Å²) < 4.78 is 5.33. The number of hydrogen-bond donors (Lipinski definition) is 0. The van der Waals surface area contributed by atoms with E-state index >= 15 is 0 Å². The molecule has 0 aromatic carbocycles. The Morgan fingerprint density at radius 1 is 0.917 bits per heavy atom. The Bertz CT molecular complexity index is 322. The lowest BCUT2D eigenvalue weighted by atomic mass is 10.0. The molecule has 1 atom stereocenters. The highest BCUT2D eigenvalue weighted by Crippen LogP contribution is 2.16. The van der Waals surface area contributed by atoms with E-state index in [1.54, 1.807) is 6.92 Å². The molecule has 0 aromatic heterocycles. The fourth-order valence-corrected chi connectivity index (χ4v) is 3.13. The first-order valence-electron chi connectivity index (χ1n) is 10.1. The average Bonchev–Trinajstić information content (AvgIpc) is 2.55. The predicted octanol–water partition coefficient (Wildman–Crippen LogP) is 5.74. The summed E-state index contributed by atoms with van der Waals surface area (Å²) in [6.07, 6.45) is 12.5. The first kappa shape index (κ1) is 23.2. The van der Waals surface area contributed by atoms with E-state index in [9.17, 15) is 4.79 Å². The molecule has 0 amide bonds. The Morgan fingerprint density at radius 2 is 1.50 bits per heavy atom. The Kier molecular flexibility index (Phi) is 15.1. The molecule has 0 bridgehead atoms. The van der Waals surface area contributed by atoms with Gasteiger partial charge in [0.1, 0.15) is 0 Å². The molecule has 0 radical (unpaired) electrons. The van der Waals surface area contributed by atoms with Crippen LogP contribution >= 0.6 is 0 Å². The maximum absolute atomic E-state index is 11.6. The van der Waals surface area contributed by atoms with Crippen LogP contribution in [0.15, 0.2) is 12.2 Å². The number of carbonyl (C=O) groups is 1. The van der Waals surface area contributed by atoms with Crippen molar-refractivity contribution in [3.63, 3.8) is 0 Å². The normalized spacial score (nSPS) is 12.4. The van der Waals surface area contributed by atoms with Crippen molar-refractivity contribution in [3.8, 4) is 0 Å². The van der Waals surface area contributed by atoms with Crippen molar-refractivity contribution in [1.29, 1.82) is 0 Å². The highest BCUT2D eigenvalue weighted by molar-refractivity contribution is 5.86. The largest absolute Gasteiger partial charge is 0.462 e. The molecule has 1 unspecified atom stereocenters. The SMILES string of the molecule is C=C(C)C(=O)OCCC(CCCCCCCC)N(CCC)CCC. The zero-order valence-corrected chi connectivity index (χ0v) is 16.7. The third kappa shape index (κ3) is 11.7. The van der Waals surface area contributed by atoms with Crippen molar-refractivity contribution in [2.24, 2.45) is 0 Å². The monoisotopic (exact) mass is 339 g/mol. The zero-order valence-electron chi connectivity index (χ0n) is 16.7. The number of nitrogens with zero attached hydrogens (tertiary/aromatic N) is 1. The van der Waals surface area contributed by atoms with Gasteiger partial charge in [-0.3, -0.25) is 0 Å². The van der Waals surface area contributed by atoms with Crippen LogP contribution in [0.3, 0.4) is 0 Å². The summed E-state index contributed by atoms with van der Waals surface area (Å²) in [7, 11) is 0. The lowest BCUT2D eigenvalue weighted by molar-refractivity contribution is -0.139. The van der Waals surface area contributed by atoms with Crippen LogP contribution in [0.5, 0.6) is 0 Å². The van der Waals surface area contributed by atoms with Crippen molar-refractivity contribution < 1.29 is 9.53 Å². The average molecular weight is 340 g/mol. The summed E-state index contributed by atoms with van der Waals surface area (Å²) in [6, 6.07) is 0.536. The van der Waals surface area contributed by atoms with Gasteiger partial charge in [-0.1, -0.05) is 65.9 Å². The number of hydrogen-bond acceptors (Lipinski definition) is 3. The number of rotatable bonds is 16. The smallest absolute Gasteiger partial charge is 0.333 e. The Balaban J connectivity index is 4.35. The van der Waals surface area contributed by atoms with Crippen LogP contribution in [0.2, 0.25) is 0 Å². The Morgan fingerprint density at radius 3 is 2.04 bits per heavy atom. The minimum atomic E-state index is -0.258. The Labute approximate surface area is 150 Å². The van der Waals surface area contributed by atoms with Gasteiger partial charge in [-0.25, -0.2) is 4.79 Å². The van der Waals surface area contributed by atoms with Gasteiger partial charge in [-0.15, -0.1) is 0 Å². The summed E-state index contributed by atoms with van der Waals surface area (Å²) in [6.45, 7) is 14.9. The minimum Gasteiger partial charge on any atom is -0.462 e. The highest BCUT2D eigenvalue weighted by Gasteiger charge is 2.17. The fraction of sp³-hybridized carbons (Fsp3) is 0.857. The van der Waals surface area contributed by atoms with Gasteiger partial charge >= 0.3 is 5.97 Å². The molecule has 0 aliphatic rings. The molecule has 0 aliphatic carbocycles. The molecule has 0 fully saturated rings. The summed E-state index contributed by atoms with van der Waals surface area (Å²) in [5.74, 6) is -0.258. The van der Waals surface area contributed by atoms with E-state index in [0.717, 1.165) is 19.5 Å². The number of esters is 1. The van der Waals surface area contributed by atoms with Crippen LogP contribution in [-0.4, -0.2) is 36.6 Å². The van der Waals surface area contributed by atoms with Gasteiger partial charge < -0.3 is 9.64 Å². The summed E-state index contributed by atoms with van der Waals surface area (Å²) in [5, 5.41) is 0. The topological polar surface area (TPSA) is 29.5 Å². The van der Waals surface area contributed by atoms with Gasteiger partial charge in [0.05, 0.1) is 6.61 Å². The van der Waals surface area contributed by atoms with Crippen LogP contribution in [0.4, 0.5) is 0 Å². The van der Waals surface area contributed by atoms with E-state index in [4.69, 9.17) is 4.74 Å². The van der Waals surface area contributed by atoms with Crippen molar-refractivity contribution >= 4 is 5.97 Å². The van der Waals surface area contributed by atoms with Crippen LogP contribution in [0.25, 0.3) is 0 Å². The second-order valence-electron chi connectivity index (χ2n) is 6.95. The van der Waals surface area contributed by atoms with Crippen molar-refractivity contribution in [2.75, 3.05) is 19.7 Å². The minimum absolute atomic E-state index is 0.258. The zero-order chi connectivity index (χ0) is 18.2. The van der Waals surface area contributed by atoms with Gasteiger partial charge in [0.25, 0.3) is 0 Å². The third-order valence-electron chi connectivity index (χ3n) is 4.46. The molecule has 3 heteroatoms. The molecular formula is C21H41NO2. The standard InChI is InChI=1S/C21H41NO2/c1-6-9-10-11-12-13-14-20(22(16-7-2)17-8-3)15-18-24-21(23)19(4)5/h20H,4,6-18H2,1-3,5H3. The van der Waals surface area contributed by atoms with Gasteiger partial charge in [0, 0.05) is 11.6 Å². The molecule has 142 valence electrons. The number of carbonyl (C=O) groups excluding carboxylic acids is 1. The van der Waals surface area contributed by atoms with Gasteiger partial charge in [-0.05, 0) is 45.7 Å². The summed E-state index contributed by atoms with van der Waals surface area (Å²) in [4.78, 5) is 14.2. The molecule has 0 saturated carbocycles. The molecule has 24 heavy (non-hydrogen) atoms. The third-order valence-corrected chi connectivity index (χ3v) is 4.46. The van der Waals surface area contributed by atoms with E-state index in [0.29, 0.717) is 18.2 Å².